The Morgan fingerprint density at radius 3 is 2.92 bits per heavy atom. The molecule has 4 nitrogen and oxygen atoms in total. The molecule has 1 atom stereocenters. The lowest BCUT2D eigenvalue weighted by atomic mass is 9.91. The fourth-order valence-electron chi connectivity index (χ4n) is 3.66. The number of methoxy groups -OCH3 is 1. The first kappa shape index (κ1) is 16.0. The van der Waals surface area contributed by atoms with E-state index in [9.17, 15) is 4.79 Å². The van der Waals surface area contributed by atoms with Gasteiger partial charge in [0, 0.05) is 11.1 Å². The van der Waals surface area contributed by atoms with E-state index in [0.29, 0.717) is 16.3 Å². The molecule has 4 rings (SSSR count). The van der Waals surface area contributed by atoms with E-state index in [1.54, 1.807) is 19.2 Å². The molecule has 5 heteroatoms. The number of aromatic amines is 1. The normalized spacial score (nSPS) is 16.5. The van der Waals surface area contributed by atoms with E-state index >= 15 is 0 Å². The van der Waals surface area contributed by atoms with E-state index in [1.165, 1.54) is 5.56 Å². The van der Waals surface area contributed by atoms with Gasteiger partial charge in [0.25, 0.3) is 5.91 Å². The molecule has 2 aromatic carbocycles. The summed E-state index contributed by atoms with van der Waals surface area (Å²) in [5.41, 5.74) is 3.82. The Balaban J connectivity index is 1.68. The van der Waals surface area contributed by atoms with Crippen LogP contribution in [-0.2, 0) is 6.42 Å². The van der Waals surface area contributed by atoms with Gasteiger partial charge in [-0.1, -0.05) is 35.9 Å². The average molecular weight is 355 g/mol. The highest BCUT2D eigenvalue weighted by atomic mass is 35.5. The van der Waals surface area contributed by atoms with E-state index in [1.807, 2.05) is 24.3 Å². The van der Waals surface area contributed by atoms with Crippen molar-refractivity contribution in [2.75, 3.05) is 7.11 Å². The SMILES string of the molecule is COc1ccccc1C(=O)NC1CCCc2c1[nH]c1c(Cl)cccc21. The van der Waals surface area contributed by atoms with Crippen LogP contribution in [0.2, 0.25) is 5.02 Å². The Kier molecular flexibility index (Phi) is 4.14. The summed E-state index contributed by atoms with van der Waals surface area (Å²) in [6.45, 7) is 0. The third-order valence-corrected chi connectivity index (χ3v) is 5.16. The summed E-state index contributed by atoms with van der Waals surface area (Å²) >= 11 is 6.33. The molecule has 3 aromatic rings. The molecule has 1 unspecified atom stereocenters. The number of ether oxygens (including phenoxy) is 1. The maximum atomic E-state index is 12.8. The largest absolute Gasteiger partial charge is 0.496 e. The van der Waals surface area contributed by atoms with Crippen LogP contribution in [0.1, 0.15) is 40.5 Å². The van der Waals surface area contributed by atoms with Crippen molar-refractivity contribution >= 4 is 28.4 Å². The number of H-pyrrole nitrogens is 1. The zero-order valence-corrected chi connectivity index (χ0v) is 14.7. The fraction of sp³-hybridized carbons (Fsp3) is 0.250. The third-order valence-electron chi connectivity index (χ3n) is 4.85. The summed E-state index contributed by atoms with van der Waals surface area (Å²) in [4.78, 5) is 16.2. The van der Waals surface area contributed by atoms with Gasteiger partial charge in [0.1, 0.15) is 5.75 Å². The summed E-state index contributed by atoms with van der Waals surface area (Å²) in [6.07, 6.45) is 2.93. The Morgan fingerprint density at radius 1 is 1.24 bits per heavy atom. The summed E-state index contributed by atoms with van der Waals surface area (Å²) < 4.78 is 5.30. The van der Waals surface area contributed by atoms with Crippen molar-refractivity contribution in [2.45, 2.75) is 25.3 Å². The van der Waals surface area contributed by atoms with Crippen LogP contribution >= 0.6 is 11.6 Å². The van der Waals surface area contributed by atoms with Gasteiger partial charge in [-0.15, -0.1) is 0 Å². The maximum Gasteiger partial charge on any atom is 0.255 e. The summed E-state index contributed by atoms with van der Waals surface area (Å²) in [5, 5.41) is 5.01. The number of aromatic nitrogens is 1. The number of hydrogen-bond donors (Lipinski definition) is 2. The molecule has 1 aromatic heterocycles. The Morgan fingerprint density at radius 2 is 2.08 bits per heavy atom. The molecule has 0 saturated heterocycles. The van der Waals surface area contributed by atoms with Crippen LogP contribution in [0.15, 0.2) is 42.5 Å². The monoisotopic (exact) mass is 354 g/mol. The van der Waals surface area contributed by atoms with Crippen molar-refractivity contribution in [3.8, 4) is 5.75 Å². The molecule has 1 amide bonds. The number of carbonyl (C=O) groups is 1. The molecular formula is C20H19ClN2O2. The number of rotatable bonds is 3. The van der Waals surface area contributed by atoms with Gasteiger partial charge in [0.2, 0.25) is 0 Å². The predicted octanol–water partition coefficient (Wildman–Crippen LogP) is 4.64. The molecule has 0 spiro atoms. The van der Waals surface area contributed by atoms with Crippen LogP contribution in [-0.4, -0.2) is 18.0 Å². The second-order valence-corrected chi connectivity index (χ2v) is 6.71. The first-order chi connectivity index (χ1) is 12.2. The molecule has 0 fully saturated rings. The highest BCUT2D eigenvalue weighted by Gasteiger charge is 2.27. The molecule has 1 aliphatic rings. The quantitative estimate of drug-likeness (QED) is 0.720. The van der Waals surface area contributed by atoms with Crippen LogP contribution in [0.3, 0.4) is 0 Å². The number of carbonyl (C=O) groups excluding carboxylic acids is 1. The average Bonchev–Trinajstić information content (AvgIpc) is 3.03. The van der Waals surface area contributed by atoms with E-state index in [4.69, 9.17) is 16.3 Å². The maximum absolute atomic E-state index is 12.8. The van der Waals surface area contributed by atoms with Crippen LogP contribution in [0, 0.1) is 0 Å². The number of amides is 1. The summed E-state index contributed by atoms with van der Waals surface area (Å²) in [7, 11) is 1.57. The van der Waals surface area contributed by atoms with Crippen LogP contribution in [0.25, 0.3) is 10.9 Å². The van der Waals surface area contributed by atoms with Crippen molar-refractivity contribution in [1.29, 1.82) is 0 Å². The molecule has 1 aliphatic carbocycles. The molecule has 128 valence electrons. The molecule has 0 bridgehead atoms. The van der Waals surface area contributed by atoms with Crippen molar-refractivity contribution in [1.82, 2.24) is 10.3 Å². The number of aryl methyl sites for hydroxylation is 1. The first-order valence-electron chi connectivity index (χ1n) is 8.42. The third kappa shape index (κ3) is 2.76. The van der Waals surface area contributed by atoms with E-state index in [-0.39, 0.29) is 11.9 Å². The van der Waals surface area contributed by atoms with Crippen molar-refractivity contribution in [2.24, 2.45) is 0 Å². The van der Waals surface area contributed by atoms with Gasteiger partial charge in [-0.2, -0.15) is 0 Å². The van der Waals surface area contributed by atoms with Gasteiger partial charge in [-0.25, -0.2) is 0 Å². The van der Waals surface area contributed by atoms with Crippen LogP contribution in [0.5, 0.6) is 5.75 Å². The second-order valence-electron chi connectivity index (χ2n) is 6.30. The first-order valence-corrected chi connectivity index (χ1v) is 8.79. The summed E-state index contributed by atoms with van der Waals surface area (Å²) in [6, 6.07) is 13.2. The fourth-order valence-corrected chi connectivity index (χ4v) is 3.89. The zero-order valence-electron chi connectivity index (χ0n) is 13.9. The highest BCUT2D eigenvalue weighted by Crippen LogP contribution is 2.37. The lowest BCUT2D eigenvalue weighted by molar-refractivity contribution is 0.0929. The van der Waals surface area contributed by atoms with E-state index < -0.39 is 0 Å². The minimum absolute atomic E-state index is 0.0513. The molecule has 25 heavy (non-hydrogen) atoms. The Bertz CT molecular complexity index is 948. The molecule has 0 radical (unpaired) electrons. The lowest BCUT2D eigenvalue weighted by Crippen LogP contribution is -2.31. The number of benzene rings is 2. The smallest absolute Gasteiger partial charge is 0.255 e. The van der Waals surface area contributed by atoms with Crippen LogP contribution in [0.4, 0.5) is 0 Å². The predicted molar refractivity (Wildman–Crippen MR) is 99.4 cm³/mol. The number of hydrogen-bond acceptors (Lipinski definition) is 2. The van der Waals surface area contributed by atoms with Crippen LogP contribution < -0.4 is 10.1 Å². The van der Waals surface area contributed by atoms with Gasteiger partial charge in [0.15, 0.2) is 0 Å². The lowest BCUT2D eigenvalue weighted by Gasteiger charge is -2.24. The van der Waals surface area contributed by atoms with Gasteiger partial charge in [0.05, 0.1) is 29.3 Å². The Hall–Kier alpha value is -2.46. The second kappa shape index (κ2) is 6.45. The molecule has 0 saturated carbocycles. The number of nitrogens with one attached hydrogen (secondary N) is 2. The highest BCUT2D eigenvalue weighted by molar-refractivity contribution is 6.35. The number of para-hydroxylation sites is 2. The topological polar surface area (TPSA) is 54.1 Å². The molecule has 1 heterocycles. The zero-order chi connectivity index (χ0) is 17.4. The summed E-state index contributed by atoms with van der Waals surface area (Å²) in [5.74, 6) is 0.454. The molecular weight excluding hydrogens is 336 g/mol. The van der Waals surface area contributed by atoms with Crippen molar-refractivity contribution < 1.29 is 9.53 Å². The van der Waals surface area contributed by atoms with E-state index in [2.05, 4.69) is 16.4 Å². The van der Waals surface area contributed by atoms with Gasteiger partial charge < -0.3 is 15.0 Å². The minimum Gasteiger partial charge on any atom is -0.496 e. The van der Waals surface area contributed by atoms with Gasteiger partial charge in [-0.05, 0) is 43.0 Å². The minimum atomic E-state index is -0.125. The Labute approximate surface area is 151 Å². The standard InChI is InChI=1S/C20H19ClN2O2/c1-25-17-11-3-2-6-14(17)20(24)22-16-10-5-8-13-12-7-4-9-15(21)18(12)23-19(13)16/h2-4,6-7,9,11,16,23H,5,8,10H2,1H3,(H,22,24). The number of fused-ring (bicyclic) bond motifs is 3. The molecule has 0 aliphatic heterocycles. The molecule has 2 N–H and O–H groups in total. The van der Waals surface area contributed by atoms with Gasteiger partial charge in [-0.3, -0.25) is 4.79 Å². The van der Waals surface area contributed by atoms with E-state index in [0.717, 1.165) is 35.9 Å². The van der Waals surface area contributed by atoms with Gasteiger partial charge >= 0.3 is 0 Å². The van der Waals surface area contributed by atoms with Crippen molar-refractivity contribution in [3.05, 3.63) is 64.3 Å². The number of halogens is 1. The van der Waals surface area contributed by atoms with Crippen molar-refractivity contribution in [3.63, 3.8) is 0 Å².